The molecular formula is C82H50F3N7. The highest BCUT2D eigenvalue weighted by atomic mass is 19.4. The van der Waals surface area contributed by atoms with Crippen molar-refractivity contribution in [1.82, 2.24) is 29.1 Å². The molecule has 0 aliphatic heterocycles. The minimum absolute atomic E-state index is 0.0965. The zero-order valence-corrected chi connectivity index (χ0v) is 49.1. The standard InChI is InChI=1S/C82H50F3N7/c83-82(84,85)71-50-77(92-74-47-60(64-30-16-42-89-80(64)55-23-9-3-10-24-55)34-38-68(74)69-39-35-61(48-75(69)92)65-31-17-43-90-81(65)56-25-11-4-12-26-56)76(49-70(71)57-27-13-18-52(44-57)51-86)91-72-45-58(62-28-14-40-87-78(62)53-19-5-1-6-20-53)32-36-66(72)67-37-33-59(46-73(67)91)63-29-15-41-88-79(63)54-21-7-2-8-22-54/h1-50H. The summed E-state index contributed by atoms with van der Waals surface area (Å²) in [6.07, 6.45) is 2.24. The molecule has 10 aromatic carbocycles. The Morgan fingerprint density at radius 1 is 0.283 bits per heavy atom. The molecule has 16 rings (SSSR count). The third-order valence-electron chi connectivity index (χ3n) is 17.4. The first-order chi connectivity index (χ1) is 45.2. The molecule has 434 valence electrons. The molecule has 0 bridgehead atoms. The van der Waals surface area contributed by atoms with Gasteiger partial charge in [0.15, 0.2) is 0 Å². The van der Waals surface area contributed by atoms with E-state index in [0.29, 0.717) is 16.7 Å². The first kappa shape index (κ1) is 55.0. The fourth-order valence-electron chi connectivity index (χ4n) is 13.2. The second-order valence-corrected chi connectivity index (χ2v) is 22.7. The van der Waals surface area contributed by atoms with Gasteiger partial charge in [-0.2, -0.15) is 18.4 Å². The Hall–Kier alpha value is -12.3. The molecule has 6 heterocycles. The first-order valence-electron chi connectivity index (χ1n) is 30.2. The van der Waals surface area contributed by atoms with Crippen LogP contribution in [0.2, 0.25) is 0 Å². The molecule has 6 aromatic heterocycles. The normalized spacial score (nSPS) is 11.6. The Balaban J connectivity index is 1.07. The van der Waals surface area contributed by atoms with Gasteiger partial charge in [-0.05, 0) is 106 Å². The van der Waals surface area contributed by atoms with Crippen LogP contribution < -0.4 is 0 Å². The number of pyridine rings is 4. The number of nitrogens with zero attached hydrogens (tertiary/aromatic N) is 7. The summed E-state index contributed by atoms with van der Waals surface area (Å²) in [6, 6.07) is 92.7. The van der Waals surface area contributed by atoms with Crippen molar-refractivity contribution < 1.29 is 13.2 Å². The Labute approximate surface area is 527 Å². The van der Waals surface area contributed by atoms with E-state index in [0.717, 1.165) is 122 Å². The molecule has 7 nitrogen and oxygen atoms in total. The summed E-state index contributed by atoms with van der Waals surface area (Å²) in [5.74, 6) is 0. The zero-order chi connectivity index (χ0) is 61.9. The summed E-state index contributed by atoms with van der Waals surface area (Å²) in [4.78, 5) is 19.8. The summed E-state index contributed by atoms with van der Waals surface area (Å²) in [6.45, 7) is 0. The number of fused-ring (bicyclic) bond motifs is 6. The predicted octanol–water partition coefficient (Wildman–Crippen LogP) is 21.4. The molecule has 0 saturated heterocycles. The van der Waals surface area contributed by atoms with Gasteiger partial charge in [-0.3, -0.25) is 19.9 Å². The van der Waals surface area contributed by atoms with Crippen LogP contribution in [0, 0.1) is 11.3 Å². The van der Waals surface area contributed by atoms with Crippen LogP contribution in [0.15, 0.2) is 304 Å². The van der Waals surface area contributed by atoms with Crippen LogP contribution in [-0.4, -0.2) is 29.1 Å². The molecule has 92 heavy (non-hydrogen) atoms. The van der Waals surface area contributed by atoms with Crippen molar-refractivity contribution in [1.29, 1.82) is 5.26 Å². The number of aromatic nitrogens is 6. The molecule has 0 aliphatic rings. The van der Waals surface area contributed by atoms with E-state index in [4.69, 9.17) is 19.9 Å². The molecule has 0 aliphatic carbocycles. The molecule has 0 saturated carbocycles. The molecular weight excluding hydrogens is 1140 g/mol. The van der Waals surface area contributed by atoms with Crippen LogP contribution in [0.1, 0.15) is 11.1 Å². The van der Waals surface area contributed by atoms with E-state index >= 15 is 13.2 Å². The average molecular weight is 1190 g/mol. The Kier molecular flexibility index (Phi) is 13.6. The van der Waals surface area contributed by atoms with Gasteiger partial charge >= 0.3 is 6.18 Å². The number of hydrogen-bond donors (Lipinski definition) is 0. The maximum absolute atomic E-state index is 16.9. The Morgan fingerprint density at radius 2 is 0.587 bits per heavy atom. The Bertz CT molecular complexity index is 5300. The topological polar surface area (TPSA) is 85.2 Å². The van der Waals surface area contributed by atoms with E-state index < -0.39 is 11.7 Å². The van der Waals surface area contributed by atoms with Crippen LogP contribution in [0.25, 0.3) is 156 Å². The minimum Gasteiger partial charge on any atom is -0.307 e. The minimum atomic E-state index is -4.90. The van der Waals surface area contributed by atoms with Gasteiger partial charge in [0.05, 0.1) is 73.4 Å². The lowest BCUT2D eigenvalue weighted by atomic mass is 9.95. The highest BCUT2D eigenvalue weighted by molar-refractivity contribution is 6.14. The first-order valence-corrected chi connectivity index (χ1v) is 30.2. The maximum Gasteiger partial charge on any atom is 0.417 e. The highest BCUT2D eigenvalue weighted by Gasteiger charge is 2.37. The zero-order valence-electron chi connectivity index (χ0n) is 49.1. The van der Waals surface area contributed by atoms with E-state index in [1.54, 1.807) is 49.1 Å². The van der Waals surface area contributed by atoms with Gasteiger partial charge in [0, 0.05) is 90.8 Å². The van der Waals surface area contributed by atoms with Gasteiger partial charge in [0.25, 0.3) is 0 Å². The van der Waals surface area contributed by atoms with Gasteiger partial charge in [-0.25, -0.2) is 0 Å². The van der Waals surface area contributed by atoms with Gasteiger partial charge in [0.2, 0.25) is 0 Å². The predicted molar refractivity (Wildman–Crippen MR) is 365 cm³/mol. The molecule has 0 fully saturated rings. The van der Waals surface area contributed by atoms with Crippen molar-refractivity contribution in [3.8, 4) is 118 Å². The van der Waals surface area contributed by atoms with Crippen LogP contribution in [0.4, 0.5) is 13.2 Å². The van der Waals surface area contributed by atoms with Gasteiger partial charge < -0.3 is 9.13 Å². The number of nitriles is 1. The highest BCUT2D eigenvalue weighted by Crippen LogP contribution is 2.48. The summed E-state index contributed by atoms with van der Waals surface area (Å²) in [5, 5.41) is 13.7. The molecule has 0 spiro atoms. The van der Waals surface area contributed by atoms with Crippen molar-refractivity contribution in [3.05, 3.63) is 315 Å². The average Bonchev–Trinajstić information content (AvgIpc) is 1.54. The quantitative estimate of drug-likeness (QED) is 0.129. The molecule has 0 unspecified atom stereocenters. The van der Waals surface area contributed by atoms with Crippen molar-refractivity contribution >= 4 is 43.6 Å². The number of hydrogen-bond acceptors (Lipinski definition) is 5. The number of rotatable bonds is 11. The van der Waals surface area contributed by atoms with E-state index in [2.05, 4.69) is 95.6 Å². The smallest absolute Gasteiger partial charge is 0.307 e. The van der Waals surface area contributed by atoms with Crippen molar-refractivity contribution in [2.24, 2.45) is 0 Å². The van der Waals surface area contributed by atoms with Crippen molar-refractivity contribution in [2.45, 2.75) is 6.18 Å². The van der Waals surface area contributed by atoms with Crippen LogP contribution in [0.3, 0.4) is 0 Å². The van der Waals surface area contributed by atoms with Crippen molar-refractivity contribution in [3.63, 3.8) is 0 Å². The van der Waals surface area contributed by atoms with Gasteiger partial charge in [0.1, 0.15) is 0 Å². The molecule has 0 N–H and O–H groups in total. The third-order valence-corrected chi connectivity index (χ3v) is 17.4. The van der Waals surface area contributed by atoms with Crippen molar-refractivity contribution in [2.75, 3.05) is 0 Å². The van der Waals surface area contributed by atoms with Crippen LogP contribution in [0.5, 0.6) is 0 Å². The van der Waals surface area contributed by atoms with E-state index in [9.17, 15) is 5.26 Å². The largest absolute Gasteiger partial charge is 0.417 e. The SMILES string of the molecule is N#Cc1cccc(-c2cc(-n3c4cc(-c5cccnc5-c5ccccc5)ccc4c4ccc(-c5cccnc5-c5ccccc5)cc43)c(-n3c4cc(-c5cccnc5-c5ccccc5)ccc4c4ccc(-c5cccnc5-c5ccccc5)cc43)cc2C(F)(F)F)c1. The maximum atomic E-state index is 16.9. The molecule has 0 amide bonds. The molecule has 16 aromatic rings. The summed E-state index contributed by atoms with van der Waals surface area (Å²) >= 11 is 0. The van der Waals surface area contributed by atoms with Crippen LogP contribution in [-0.2, 0) is 6.18 Å². The number of benzene rings is 10. The van der Waals surface area contributed by atoms with Gasteiger partial charge in [-0.1, -0.05) is 206 Å². The fourth-order valence-corrected chi connectivity index (χ4v) is 13.2. The number of halogens is 3. The Morgan fingerprint density at radius 3 is 0.902 bits per heavy atom. The molecule has 10 heteroatoms. The number of alkyl halides is 3. The fraction of sp³-hybridized carbons (Fsp3) is 0.0122. The second-order valence-electron chi connectivity index (χ2n) is 22.7. The van der Waals surface area contributed by atoms with Crippen LogP contribution >= 0.6 is 0 Å². The molecule has 0 radical (unpaired) electrons. The summed E-state index contributed by atoms with van der Waals surface area (Å²) in [7, 11) is 0. The van der Waals surface area contributed by atoms with E-state index in [1.807, 2.05) is 162 Å². The van der Waals surface area contributed by atoms with Gasteiger partial charge in [-0.15, -0.1) is 0 Å². The molecule has 0 atom stereocenters. The monoisotopic (exact) mass is 1190 g/mol. The summed E-state index contributed by atoms with van der Waals surface area (Å²) < 4.78 is 54.7. The third kappa shape index (κ3) is 9.64. The van der Waals surface area contributed by atoms with E-state index in [1.165, 1.54) is 12.1 Å². The summed E-state index contributed by atoms with van der Waals surface area (Å²) in [5.41, 5.74) is 16.5. The van der Waals surface area contributed by atoms with E-state index in [-0.39, 0.29) is 22.4 Å². The lowest BCUT2D eigenvalue weighted by Crippen LogP contribution is -2.12. The lowest BCUT2D eigenvalue weighted by Gasteiger charge is -2.23. The lowest BCUT2D eigenvalue weighted by molar-refractivity contribution is -0.137. The second kappa shape index (κ2) is 22.7.